The molecule has 0 bridgehead atoms. The SMILES string of the molecule is CC(C)Cn1nc(C(=O)c2ccccc2)nc1Cc1ccc(-c2ccccc2C(=O)O)cc1. The van der Waals surface area contributed by atoms with Gasteiger partial charge in [-0.25, -0.2) is 14.5 Å². The second kappa shape index (κ2) is 9.61. The molecule has 0 aliphatic heterocycles. The summed E-state index contributed by atoms with van der Waals surface area (Å²) in [6, 6.07) is 23.7. The Morgan fingerprint density at radius 2 is 1.58 bits per heavy atom. The van der Waals surface area contributed by atoms with Crippen LogP contribution in [-0.2, 0) is 13.0 Å². The molecule has 0 aliphatic carbocycles. The number of carbonyl (C=O) groups is 2. The second-order valence-electron chi connectivity index (χ2n) is 8.35. The van der Waals surface area contributed by atoms with Gasteiger partial charge < -0.3 is 5.11 Å². The minimum absolute atomic E-state index is 0.194. The highest BCUT2D eigenvalue weighted by Gasteiger charge is 2.19. The van der Waals surface area contributed by atoms with Crippen LogP contribution < -0.4 is 0 Å². The van der Waals surface area contributed by atoms with E-state index in [1.807, 2.05) is 53.2 Å². The minimum Gasteiger partial charge on any atom is -0.478 e. The van der Waals surface area contributed by atoms with Gasteiger partial charge in [-0.15, -0.1) is 5.10 Å². The van der Waals surface area contributed by atoms with E-state index in [2.05, 4.69) is 23.9 Å². The molecule has 1 N–H and O–H groups in total. The first-order valence-corrected chi connectivity index (χ1v) is 10.9. The Morgan fingerprint density at radius 3 is 2.24 bits per heavy atom. The van der Waals surface area contributed by atoms with Crippen molar-refractivity contribution in [2.24, 2.45) is 5.92 Å². The third-order valence-corrected chi connectivity index (χ3v) is 5.31. The average molecular weight is 440 g/mol. The van der Waals surface area contributed by atoms with E-state index in [0.29, 0.717) is 30.0 Å². The predicted molar refractivity (Wildman–Crippen MR) is 126 cm³/mol. The first-order chi connectivity index (χ1) is 15.9. The highest BCUT2D eigenvalue weighted by Crippen LogP contribution is 2.25. The summed E-state index contributed by atoms with van der Waals surface area (Å²) in [6.07, 6.45) is 0.517. The van der Waals surface area contributed by atoms with Crippen molar-refractivity contribution in [1.29, 1.82) is 0 Å². The average Bonchev–Trinajstić information content (AvgIpc) is 3.21. The van der Waals surface area contributed by atoms with Crippen molar-refractivity contribution in [3.63, 3.8) is 0 Å². The summed E-state index contributed by atoms with van der Waals surface area (Å²) >= 11 is 0. The number of hydrogen-bond donors (Lipinski definition) is 1. The predicted octanol–water partition coefficient (Wildman–Crippen LogP) is 5.12. The largest absolute Gasteiger partial charge is 0.478 e. The Bertz CT molecular complexity index is 1280. The van der Waals surface area contributed by atoms with Crippen LogP contribution >= 0.6 is 0 Å². The van der Waals surface area contributed by atoms with Crippen LogP contribution in [0.5, 0.6) is 0 Å². The number of nitrogens with zero attached hydrogens (tertiary/aromatic N) is 3. The van der Waals surface area contributed by atoms with Crippen LogP contribution in [0.15, 0.2) is 78.9 Å². The van der Waals surface area contributed by atoms with E-state index in [0.717, 1.165) is 17.0 Å². The molecule has 0 amide bonds. The molecular weight excluding hydrogens is 414 g/mol. The Hall–Kier alpha value is -4.06. The van der Waals surface area contributed by atoms with Crippen molar-refractivity contribution in [3.05, 3.63) is 107 Å². The number of carboxylic acid groups (broad SMARTS) is 1. The molecule has 0 fully saturated rings. The number of hydrogen-bond acceptors (Lipinski definition) is 4. The van der Waals surface area contributed by atoms with Crippen molar-refractivity contribution in [2.45, 2.75) is 26.8 Å². The van der Waals surface area contributed by atoms with E-state index >= 15 is 0 Å². The maximum absolute atomic E-state index is 12.9. The van der Waals surface area contributed by atoms with Crippen LogP contribution in [0.4, 0.5) is 0 Å². The fourth-order valence-electron chi connectivity index (χ4n) is 3.72. The second-order valence-corrected chi connectivity index (χ2v) is 8.35. The lowest BCUT2D eigenvalue weighted by Crippen LogP contribution is -2.11. The molecule has 4 aromatic rings. The van der Waals surface area contributed by atoms with Crippen LogP contribution in [0.3, 0.4) is 0 Å². The van der Waals surface area contributed by atoms with Gasteiger partial charge in [0.1, 0.15) is 5.82 Å². The summed E-state index contributed by atoms with van der Waals surface area (Å²) in [4.78, 5) is 29.0. The van der Waals surface area contributed by atoms with Gasteiger partial charge in [-0.1, -0.05) is 86.6 Å². The van der Waals surface area contributed by atoms with E-state index in [9.17, 15) is 14.7 Å². The smallest absolute Gasteiger partial charge is 0.336 e. The summed E-state index contributed by atoms with van der Waals surface area (Å²) in [5.41, 5.74) is 3.34. The van der Waals surface area contributed by atoms with E-state index < -0.39 is 5.97 Å². The summed E-state index contributed by atoms with van der Waals surface area (Å²) < 4.78 is 1.81. The lowest BCUT2D eigenvalue weighted by atomic mass is 9.98. The normalized spacial score (nSPS) is 11.0. The summed E-state index contributed by atoms with van der Waals surface area (Å²) in [7, 11) is 0. The highest BCUT2D eigenvalue weighted by molar-refractivity contribution is 6.06. The standard InChI is InChI=1S/C27H25N3O3/c1-18(2)17-30-24(28-26(29-30)25(31)21-8-4-3-5-9-21)16-19-12-14-20(15-13-19)22-10-6-7-11-23(22)27(32)33/h3-15,18H,16-17H2,1-2H3,(H,32,33). The molecule has 4 rings (SSSR count). The van der Waals surface area contributed by atoms with Crippen LogP contribution in [0.25, 0.3) is 11.1 Å². The van der Waals surface area contributed by atoms with E-state index in [1.54, 1.807) is 30.3 Å². The fourth-order valence-corrected chi connectivity index (χ4v) is 3.72. The van der Waals surface area contributed by atoms with Crippen molar-refractivity contribution >= 4 is 11.8 Å². The van der Waals surface area contributed by atoms with Gasteiger partial charge in [-0.3, -0.25) is 4.79 Å². The summed E-state index contributed by atoms with van der Waals surface area (Å²) in [5.74, 6) is 0.123. The minimum atomic E-state index is -0.952. The lowest BCUT2D eigenvalue weighted by molar-refractivity contribution is 0.0697. The van der Waals surface area contributed by atoms with Gasteiger partial charge in [0, 0.05) is 18.5 Å². The molecule has 166 valence electrons. The molecular formula is C27H25N3O3. The third-order valence-electron chi connectivity index (χ3n) is 5.31. The molecule has 1 aromatic heterocycles. The number of benzene rings is 3. The quantitative estimate of drug-likeness (QED) is 0.385. The first kappa shape index (κ1) is 22.1. The topological polar surface area (TPSA) is 85.1 Å². The van der Waals surface area contributed by atoms with E-state index in [1.165, 1.54) is 0 Å². The molecule has 0 saturated heterocycles. The van der Waals surface area contributed by atoms with Gasteiger partial charge in [0.15, 0.2) is 0 Å². The van der Waals surface area contributed by atoms with Gasteiger partial charge in [0.2, 0.25) is 11.6 Å². The number of carbonyl (C=O) groups excluding carboxylic acids is 1. The summed E-state index contributed by atoms with van der Waals surface area (Å²) in [5, 5.41) is 14.0. The van der Waals surface area contributed by atoms with Crippen molar-refractivity contribution in [1.82, 2.24) is 14.8 Å². The highest BCUT2D eigenvalue weighted by atomic mass is 16.4. The Kier molecular flexibility index (Phi) is 6.45. The molecule has 1 heterocycles. The molecule has 0 spiro atoms. The van der Waals surface area contributed by atoms with E-state index in [4.69, 9.17) is 0 Å². The van der Waals surface area contributed by atoms with Gasteiger partial charge >= 0.3 is 5.97 Å². The molecule has 6 nitrogen and oxygen atoms in total. The Morgan fingerprint density at radius 1 is 0.909 bits per heavy atom. The fraction of sp³-hybridized carbons (Fsp3) is 0.185. The maximum Gasteiger partial charge on any atom is 0.336 e. The molecule has 6 heteroatoms. The Balaban J connectivity index is 1.61. The van der Waals surface area contributed by atoms with Gasteiger partial charge in [-0.05, 0) is 28.7 Å². The number of aromatic carboxylic acids is 1. The summed E-state index contributed by atoms with van der Waals surface area (Å²) in [6.45, 7) is 4.85. The van der Waals surface area contributed by atoms with Crippen molar-refractivity contribution in [3.8, 4) is 11.1 Å². The number of aromatic nitrogens is 3. The zero-order valence-electron chi connectivity index (χ0n) is 18.6. The van der Waals surface area contributed by atoms with Gasteiger partial charge in [0.25, 0.3) is 0 Å². The monoisotopic (exact) mass is 439 g/mol. The molecule has 0 aliphatic rings. The number of rotatable bonds is 8. The van der Waals surface area contributed by atoms with Gasteiger partial charge in [0.05, 0.1) is 5.56 Å². The van der Waals surface area contributed by atoms with Crippen LogP contribution in [-0.4, -0.2) is 31.6 Å². The lowest BCUT2D eigenvalue weighted by Gasteiger charge is -2.10. The van der Waals surface area contributed by atoms with E-state index in [-0.39, 0.29) is 17.2 Å². The maximum atomic E-state index is 12.9. The van der Waals surface area contributed by atoms with Crippen molar-refractivity contribution in [2.75, 3.05) is 0 Å². The molecule has 0 saturated carbocycles. The zero-order chi connectivity index (χ0) is 23.4. The molecule has 0 unspecified atom stereocenters. The molecule has 0 atom stereocenters. The molecule has 33 heavy (non-hydrogen) atoms. The first-order valence-electron chi connectivity index (χ1n) is 10.9. The van der Waals surface area contributed by atoms with Crippen LogP contribution in [0, 0.1) is 5.92 Å². The molecule has 0 radical (unpaired) electrons. The Labute approximate surface area is 192 Å². The third kappa shape index (κ3) is 5.06. The van der Waals surface area contributed by atoms with Crippen molar-refractivity contribution < 1.29 is 14.7 Å². The van der Waals surface area contributed by atoms with Gasteiger partial charge in [-0.2, -0.15) is 0 Å². The zero-order valence-corrected chi connectivity index (χ0v) is 18.6. The number of ketones is 1. The number of carboxylic acids is 1. The van der Waals surface area contributed by atoms with Crippen LogP contribution in [0.1, 0.15) is 51.8 Å². The van der Waals surface area contributed by atoms with Crippen LogP contribution in [0.2, 0.25) is 0 Å². The molecule has 3 aromatic carbocycles.